The van der Waals surface area contributed by atoms with Crippen molar-refractivity contribution in [2.45, 2.75) is 38.9 Å². The summed E-state index contributed by atoms with van der Waals surface area (Å²) in [6, 6.07) is 5.32. The number of hydrogen-bond acceptors (Lipinski definition) is 7. The number of aromatic nitrogens is 4. The number of carbonyl (C=O) groups is 2. The molecule has 4 rings (SSSR count). The number of ether oxygens (including phenoxy) is 1. The lowest BCUT2D eigenvalue weighted by Crippen LogP contribution is -2.37. The normalized spacial score (nSPS) is 16.7. The zero-order valence-corrected chi connectivity index (χ0v) is 21.9. The Bertz CT molecular complexity index is 1530. The highest BCUT2D eigenvalue weighted by molar-refractivity contribution is 6.00. The molecule has 2 amide bonds. The summed E-state index contributed by atoms with van der Waals surface area (Å²) in [6.07, 6.45) is 1.83. The molecule has 38 heavy (non-hydrogen) atoms. The highest BCUT2D eigenvalue weighted by Crippen LogP contribution is 2.32. The number of anilines is 1. The van der Waals surface area contributed by atoms with Crippen molar-refractivity contribution in [2.24, 2.45) is 5.73 Å². The number of nitrogens with zero attached hydrogens (tertiary/aromatic N) is 6. The van der Waals surface area contributed by atoms with Crippen LogP contribution in [-0.4, -0.2) is 69.4 Å². The van der Waals surface area contributed by atoms with Crippen molar-refractivity contribution >= 4 is 28.7 Å². The first kappa shape index (κ1) is 26.5. The molecule has 11 nitrogen and oxygen atoms in total. The molecule has 0 unspecified atom stereocenters. The van der Waals surface area contributed by atoms with Crippen LogP contribution in [0.3, 0.4) is 0 Å². The van der Waals surface area contributed by atoms with Crippen LogP contribution in [0.25, 0.3) is 11.0 Å². The van der Waals surface area contributed by atoms with E-state index in [0.717, 1.165) is 23.4 Å². The van der Waals surface area contributed by atoms with Crippen molar-refractivity contribution in [1.82, 2.24) is 24.2 Å². The van der Waals surface area contributed by atoms with Crippen LogP contribution in [0.1, 0.15) is 52.4 Å². The number of primary amides is 1. The number of hydrogen-bond donors (Lipinski definition) is 2. The number of benzene rings is 1. The number of methoxy groups -OCH3 is 1. The van der Waals surface area contributed by atoms with Crippen LogP contribution in [-0.2, 0) is 16.1 Å². The Kier molecular flexibility index (Phi) is 7.51. The van der Waals surface area contributed by atoms with Gasteiger partial charge in [-0.15, -0.1) is 0 Å². The van der Waals surface area contributed by atoms with Gasteiger partial charge in [0.2, 0.25) is 5.91 Å². The summed E-state index contributed by atoms with van der Waals surface area (Å²) in [4.78, 5) is 31.2. The Morgan fingerprint density at radius 2 is 2.11 bits per heavy atom. The molecule has 196 valence electrons. The van der Waals surface area contributed by atoms with Gasteiger partial charge < -0.3 is 25.3 Å². The second kappa shape index (κ2) is 10.8. The zero-order valence-electron chi connectivity index (χ0n) is 21.9. The Labute approximate surface area is 220 Å². The molecule has 3 N–H and O–H groups in total. The van der Waals surface area contributed by atoms with Gasteiger partial charge in [0.15, 0.2) is 5.69 Å². The molecule has 0 aliphatic carbocycles. The molecule has 1 aliphatic heterocycles. The fourth-order valence-electron chi connectivity index (χ4n) is 5.08. The van der Waals surface area contributed by atoms with Gasteiger partial charge in [-0.2, -0.15) is 10.4 Å². The van der Waals surface area contributed by atoms with Gasteiger partial charge in [0.05, 0.1) is 35.3 Å². The summed E-state index contributed by atoms with van der Waals surface area (Å²) in [5, 5.41) is 17.4. The highest BCUT2D eigenvalue weighted by Gasteiger charge is 2.37. The first-order valence-corrected chi connectivity index (χ1v) is 12.2. The Morgan fingerprint density at radius 1 is 1.34 bits per heavy atom. The minimum atomic E-state index is -0.691. The van der Waals surface area contributed by atoms with Crippen molar-refractivity contribution in [3.05, 3.63) is 53.0 Å². The van der Waals surface area contributed by atoms with Gasteiger partial charge in [-0.25, -0.2) is 9.67 Å². The van der Waals surface area contributed by atoms with Crippen molar-refractivity contribution in [3.8, 4) is 17.9 Å². The average Bonchev–Trinajstić information content (AvgIpc) is 3.58. The minimum absolute atomic E-state index is 0.141. The van der Waals surface area contributed by atoms with Gasteiger partial charge in [-0.1, -0.05) is 12.5 Å². The lowest BCUT2D eigenvalue weighted by molar-refractivity contribution is -0.127. The van der Waals surface area contributed by atoms with Crippen molar-refractivity contribution in [2.75, 3.05) is 32.6 Å². The topological polar surface area (TPSA) is 144 Å². The predicted molar refractivity (Wildman–Crippen MR) is 142 cm³/mol. The van der Waals surface area contributed by atoms with Gasteiger partial charge in [0.25, 0.3) is 5.91 Å². The van der Waals surface area contributed by atoms with Crippen LogP contribution in [0.2, 0.25) is 0 Å². The molecule has 3 aromatic rings. The maximum absolute atomic E-state index is 12.5. The van der Waals surface area contributed by atoms with Crippen LogP contribution in [0.15, 0.2) is 24.8 Å². The number of aryl methyl sites for hydroxylation is 2. The lowest BCUT2D eigenvalue weighted by atomic mass is 10.1. The van der Waals surface area contributed by atoms with Crippen molar-refractivity contribution in [3.63, 3.8) is 0 Å². The van der Waals surface area contributed by atoms with Gasteiger partial charge in [0, 0.05) is 32.8 Å². The van der Waals surface area contributed by atoms with E-state index >= 15 is 0 Å². The van der Waals surface area contributed by atoms with E-state index < -0.39 is 5.91 Å². The average molecular weight is 515 g/mol. The molecule has 11 heteroatoms. The van der Waals surface area contributed by atoms with E-state index in [-0.39, 0.29) is 29.2 Å². The van der Waals surface area contributed by atoms with E-state index in [1.54, 1.807) is 35.9 Å². The molecule has 3 heterocycles. The van der Waals surface area contributed by atoms with E-state index in [9.17, 15) is 14.9 Å². The molecule has 0 bridgehead atoms. The molecule has 0 saturated carbocycles. The first-order valence-electron chi connectivity index (χ1n) is 12.2. The number of nitriles is 1. The number of likely N-dealkylation sites (tertiary alicyclic amines) is 1. The molecule has 2 atom stereocenters. The van der Waals surface area contributed by atoms with Gasteiger partial charge in [0.1, 0.15) is 23.3 Å². The molecule has 2 aromatic heterocycles. The second-order valence-electron chi connectivity index (χ2n) is 8.98. The smallest absolute Gasteiger partial charge is 0.255 e. The number of imidazole rings is 1. The van der Waals surface area contributed by atoms with Crippen LogP contribution in [0.5, 0.6) is 0 Å². The molecule has 1 aliphatic rings. The number of nitrogens with two attached hydrogens (primary N) is 1. The first-order chi connectivity index (χ1) is 18.3. The Hall–Kier alpha value is -4.61. The summed E-state index contributed by atoms with van der Waals surface area (Å²) >= 11 is 0. The quantitative estimate of drug-likeness (QED) is 0.362. The number of carbonyl (C=O) groups excluding carboxylic acids is 2. The van der Waals surface area contributed by atoms with E-state index in [4.69, 9.17) is 10.5 Å². The third kappa shape index (κ3) is 4.60. The molecule has 1 aromatic carbocycles. The van der Waals surface area contributed by atoms with Crippen molar-refractivity contribution < 1.29 is 14.3 Å². The third-order valence-corrected chi connectivity index (χ3v) is 6.78. The minimum Gasteiger partial charge on any atom is -0.383 e. The lowest BCUT2D eigenvalue weighted by Gasteiger charge is -2.22. The molecule has 0 spiro atoms. The Balaban J connectivity index is 1.79. The van der Waals surface area contributed by atoms with Gasteiger partial charge >= 0.3 is 0 Å². The monoisotopic (exact) mass is 514 g/mol. The SMILES string of the molecule is C=CC(=O)N1C[C@@H](n2nc(C#Cc3cc4nc(C)n(CC)c4cc3C#N)c(C(N)=O)c2NC)C[C@@H]1COC. The summed E-state index contributed by atoms with van der Waals surface area (Å²) in [5.74, 6) is 6.31. The molecular formula is C27H30N8O3. The maximum Gasteiger partial charge on any atom is 0.255 e. The number of amides is 2. The van der Waals surface area contributed by atoms with Crippen LogP contribution < -0.4 is 11.1 Å². The van der Waals surface area contributed by atoms with Gasteiger partial charge in [-0.3, -0.25) is 9.59 Å². The fourth-order valence-corrected chi connectivity index (χ4v) is 5.08. The Morgan fingerprint density at radius 3 is 2.71 bits per heavy atom. The molecule has 1 fully saturated rings. The standard InChI is InChI=1S/C27H30N8O3/c1-6-24(36)34-14-19(12-20(34)15-38-5)35-27(30-4)25(26(29)37)21(32-35)9-8-17-10-22-23(11-18(17)13-28)33(7-2)16(3)31-22/h6,10-11,19-20,30H,1,7,12,14-15H2,2-5H3,(H2,29,37)/t19-,20+/m0/s1. The second-order valence-corrected chi connectivity index (χ2v) is 8.98. The van der Waals surface area contributed by atoms with Crippen LogP contribution in [0.4, 0.5) is 5.82 Å². The summed E-state index contributed by atoms with van der Waals surface area (Å²) in [5.41, 5.74) is 8.52. The van der Waals surface area contributed by atoms with Crippen molar-refractivity contribution in [1.29, 1.82) is 5.26 Å². The summed E-state index contributed by atoms with van der Waals surface area (Å²) < 4.78 is 8.99. The number of fused-ring (bicyclic) bond motifs is 1. The van der Waals surface area contributed by atoms with E-state index in [2.05, 4.69) is 39.9 Å². The summed E-state index contributed by atoms with van der Waals surface area (Å²) in [7, 11) is 3.25. The van der Waals surface area contributed by atoms with E-state index in [0.29, 0.717) is 36.5 Å². The third-order valence-electron chi connectivity index (χ3n) is 6.78. The summed E-state index contributed by atoms with van der Waals surface area (Å²) in [6.45, 7) is 8.96. The van der Waals surface area contributed by atoms with Crippen LogP contribution >= 0.6 is 0 Å². The fraction of sp³-hybridized carbons (Fsp3) is 0.370. The zero-order chi connectivity index (χ0) is 27.6. The van der Waals surface area contributed by atoms with E-state index in [1.165, 1.54) is 6.08 Å². The predicted octanol–water partition coefficient (Wildman–Crippen LogP) is 1.95. The molecular weight excluding hydrogens is 484 g/mol. The molecule has 0 radical (unpaired) electrons. The van der Waals surface area contributed by atoms with E-state index in [1.807, 2.05) is 18.4 Å². The van der Waals surface area contributed by atoms with Gasteiger partial charge in [-0.05, 0) is 44.4 Å². The highest BCUT2D eigenvalue weighted by atomic mass is 16.5. The largest absolute Gasteiger partial charge is 0.383 e. The molecule has 1 saturated heterocycles. The number of nitrogens with one attached hydrogen (secondary N) is 1. The number of rotatable bonds is 7. The van der Waals surface area contributed by atoms with Crippen LogP contribution in [0, 0.1) is 30.1 Å². The maximum atomic E-state index is 12.5.